The zero-order chi connectivity index (χ0) is 17.7. The van der Waals surface area contributed by atoms with E-state index in [0.29, 0.717) is 6.42 Å². The molecular formula is C18H28N2O3S. The number of carbonyl (C=O) groups is 1. The minimum atomic E-state index is -0.665. The van der Waals surface area contributed by atoms with Crippen LogP contribution in [0.5, 0.6) is 0 Å². The first-order chi connectivity index (χ1) is 11.5. The van der Waals surface area contributed by atoms with E-state index in [0.717, 1.165) is 23.3 Å². The summed E-state index contributed by atoms with van der Waals surface area (Å²) in [6, 6.07) is 3.27. The van der Waals surface area contributed by atoms with Gasteiger partial charge in [-0.1, -0.05) is 26.0 Å². The Bertz CT molecular complexity index is 555. The third-order valence-corrected chi connectivity index (χ3v) is 5.38. The Hall–Kier alpha value is -1.21. The molecule has 0 aliphatic heterocycles. The summed E-state index contributed by atoms with van der Waals surface area (Å²) in [4.78, 5) is 12.4. The third-order valence-electron chi connectivity index (χ3n) is 4.46. The van der Waals surface area contributed by atoms with Gasteiger partial charge in [-0.2, -0.15) is 0 Å². The maximum atomic E-state index is 11.5. The van der Waals surface area contributed by atoms with Crippen molar-refractivity contribution in [2.24, 2.45) is 5.73 Å². The normalized spacial score (nSPS) is 25.4. The molecule has 1 aromatic rings. The number of aliphatic hydroxyl groups is 1. The summed E-state index contributed by atoms with van der Waals surface area (Å²) in [5, 5.41) is 15.5. The minimum absolute atomic E-state index is 0.105. The van der Waals surface area contributed by atoms with E-state index in [2.05, 4.69) is 19.2 Å². The Balaban J connectivity index is 2.25. The van der Waals surface area contributed by atoms with Crippen LogP contribution in [0.25, 0.3) is 0 Å². The number of ether oxygens (including phenoxy) is 1. The van der Waals surface area contributed by atoms with E-state index in [1.165, 1.54) is 18.3 Å². The molecule has 4 atom stereocenters. The van der Waals surface area contributed by atoms with E-state index in [9.17, 15) is 9.90 Å². The van der Waals surface area contributed by atoms with Crippen LogP contribution < -0.4 is 11.1 Å². The molecule has 1 heterocycles. The molecule has 0 fully saturated rings. The van der Waals surface area contributed by atoms with Gasteiger partial charge in [-0.15, -0.1) is 11.3 Å². The predicted octanol–water partition coefficient (Wildman–Crippen LogP) is 2.52. The number of hydrogen-bond acceptors (Lipinski definition) is 5. The Kier molecular flexibility index (Phi) is 6.98. The van der Waals surface area contributed by atoms with Crippen molar-refractivity contribution in [3.63, 3.8) is 0 Å². The largest absolute Gasteiger partial charge is 0.383 e. The first kappa shape index (κ1) is 19.1. The second-order valence-electron chi connectivity index (χ2n) is 6.29. The highest BCUT2D eigenvalue weighted by atomic mass is 32.1. The van der Waals surface area contributed by atoms with Crippen molar-refractivity contribution in [1.82, 2.24) is 5.32 Å². The molecule has 0 spiro atoms. The van der Waals surface area contributed by atoms with Gasteiger partial charge in [-0.25, -0.2) is 0 Å². The molecular weight excluding hydrogens is 324 g/mol. The smallest absolute Gasteiger partial charge is 0.217 e. The molecule has 1 aliphatic carbocycles. The lowest BCUT2D eigenvalue weighted by Gasteiger charge is -2.38. The van der Waals surface area contributed by atoms with Gasteiger partial charge in [0.2, 0.25) is 5.91 Å². The summed E-state index contributed by atoms with van der Waals surface area (Å²) in [5.74, 6) is -0.121. The highest BCUT2D eigenvalue weighted by molar-refractivity contribution is 7.10. The third kappa shape index (κ3) is 4.66. The molecule has 1 unspecified atom stereocenters. The maximum Gasteiger partial charge on any atom is 0.217 e. The lowest BCUT2D eigenvalue weighted by atomic mass is 9.85. The highest BCUT2D eigenvalue weighted by Gasteiger charge is 2.35. The fourth-order valence-electron chi connectivity index (χ4n) is 3.11. The Morgan fingerprint density at radius 3 is 2.75 bits per heavy atom. The van der Waals surface area contributed by atoms with E-state index < -0.39 is 6.10 Å². The van der Waals surface area contributed by atoms with Gasteiger partial charge in [-0.3, -0.25) is 4.79 Å². The fourth-order valence-corrected chi connectivity index (χ4v) is 3.86. The fraction of sp³-hybridized carbons (Fsp3) is 0.611. The van der Waals surface area contributed by atoms with Crippen LogP contribution in [0.2, 0.25) is 0 Å². The first-order valence-corrected chi connectivity index (χ1v) is 9.44. The molecule has 1 amide bonds. The van der Waals surface area contributed by atoms with Crippen molar-refractivity contribution in [1.29, 1.82) is 0 Å². The molecule has 1 aromatic heterocycles. The molecule has 4 N–H and O–H groups in total. The van der Waals surface area contributed by atoms with Crippen LogP contribution in [-0.2, 0) is 9.53 Å². The number of nitrogens with one attached hydrogen (secondary N) is 1. The molecule has 134 valence electrons. The minimum Gasteiger partial charge on any atom is -0.383 e. The highest BCUT2D eigenvalue weighted by Crippen LogP contribution is 2.33. The van der Waals surface area contributed by atoms with Crippen LogP contribution >= 0.6 is 11.3 Å². The standard InChI is InChI=1S/C18H28N2O3S/c1-4-13(5-2)23-15-10-12(18(22)16-7-6-8-24-16)9-14(19)17(15)20-11(3)21/h6-8,10,13-15,17-18,22H,4-5,9,19H2,1-3H3,(H,20,21)/t14-,15+,17+,18?/m0/s1. The van der Waals surface area contributed by atoms with Gasteiger partial charge in [-0.05, 0) is 36.3 Å². The number of rotatable bonds is 7. The SMILES string of the molecule is CCC(CC)O[C@@H]1C=C(C(O)c2cccs2)C[C@H](N)[C@H]1NC(C)=O. The second-order valence-corrected chi connectivity index (χ2v) is 7.27. The lowest BCUT2D eigenvalue weighted by molar-refractivity contribution is -0.121. The molecule has 6 heteroatoms. The second kappa shape index (κ2) is 8.76. The van der Waals surface area contributed by atoms with Crippen molar-refractivity contribution < 1.29 is 14.6 Å². The summed E-state index contributed by atoms with van der Waals surface area (Å²) >= 11 is 1.52. The van der Waals surface area contributed by atoms with Crippen LogP contribution in [0.3, 0.4) is 0 Å². The van der Waals surface area contributed by atoms with E-state index in [1.54, 1.807) is 0 Å². The average Bonchev–Trinajstić information content (AvgIpc) is 3.08. The quantitative estimate of drug-likeness (QED) is 0.658. The number of hydrogen-bond donors (Lipinski definition) is 3. The van der Waals surface area contributed by atoms with Gasteiger partial charge in [0, 0.05) is 17.8 Å². The zero-order valence-electron chi connectivity index (χ0n) is 14.6. The molecule has 5 nitrogen and oxygen atoms in total. The van der Waals surface area contributed by atoms with Crippen LogP contribution in [0.15, 0.2) is 29.2 Å². The van der Waals surface area contributed by atoms with Gasteiger partial charge >= 0.3 is 0 Å². The van der Waals surface area contributed by atoms with Crippen molar-refractivity contribution in [2.45, 2.75) is 70.4 Å². The van der Waals surface area contributed by atoms with E-state index in [-0.39, 0.29) is 30.2 Å². The number of nitrogens with two attached hydrogens (primary N) is 1. The lowest BCUT2D eigenvalue weighted by Crippen LogP contribution is -2.56. The number of amides is 1. The van der Waals surface area contributed by atoms with E-state index in [1.807, 2.05) is 23.6 Å². The Labute approximate surface area is 147 Å². The summed E-state index contributed by atoms with van der Waals surface area (Å²) in [7, 11) is 0. The average molecular weight is 353 g/mol. The molecule has 1 aliphatic rings. The van der Waals surface area contributed by atoms with Crippen molar-refractivity contribution in [3.8, 4) is 0 Å². The molecule has 2 rings (SSSR count). The molecule has 24 heavy (non-hydrogen) atoms. The van der Waals surface area contributed by atoms with E-state index >= 15 is 0 Å². The Morgan fingerprint density at radius 2 is 2.21 bits per heavy atom. The van der Waals surface area contributed by atoms with Crippen molar-refractivity contribution >= 4 is 17.2 Å². The molecule has 0 saturated heterocycles. The number of aliphatic hydroxyl groups excluding tert-OH is 1. The Morgan fingerprint density at radius 1 is 1.50 bits per heavy atom. The summed E-state index contributed by atoms with van der Waals surface area (Å²) < 4.78 is 6.19. The van der Waals surface area contributed by atoms with Crippen LogP contribution in [0.4, 0.5) is 0 Å². The van der Waals surface area contributed by atoms with Gasteiger partial charge in [0.25, 0.3) is 0 Å². The van der Waals surface area contributed by atoms with Gasteiger partial charge in [0.05, 0.1) is 18.2 Å². The maximum absolute atomic E-state index is 11.5. The van der Waals surface area contributed by atoms with Crippen molar-refractivity contribution in [3.05, 3.63) is 34.0 Å². The van der Waals surface area contributed by atoms with Crippen LogP contribution in [0.1, 0.15) is 51.0 Å². The predicted molar refractivity (Wildman–Crippen MR) is 96.8 cm³/mol. The monoisotopic (exact) mass is 352 g/mol. The summed E-state index contributed by atoms with van der Waals surface area (Å²) in [5.41, 5.74) is 7.18. The molecule has 0 saturated carbocycles. The van der Waals surface area contributed by atoms with Crippen molar-refractivity contribution in [2.75, 3.05) is 0 Å². The topological polar surface area (TPSA) is 84.6 Å². The number of carbonyl (C=O) groups excluding carboxylic acids is 1. The first-order valence-electron chi connectivity index (χ1n) is 8.56. The molecule has 0 radical (unpaired) electrons. The summed E-state index contributed by atoms with van der Waals surface area (Å²) in [6.07, 6.45) is 3.39. The van der Waals surface area contributed by atoms with Gasteiger partial charge in [0.15, 0.2) is 0 Å². The molecule has 0 aromatic carbocycles. The summed E-state index contributed by atoms with van der Waals surface area (Å²) in [6.45, 7) is 5.64. The van der Waals surface area contributed by atoms with Gasteiger partial charge in [0.1, 0.15) is 6.10 Å². The number of thiophene rings is 1. The molecule has 0 bridgehead atoms. The van der Waals surface area contributed by atoms with Crippen LogP contribution in [-0.4, -0.2) is 35.3 Å². The zero-order valence-corrected chi connectivity index (χ0v) is 15.4. The van der Waals surface area contributed by atoms with Gasteiger partial charge < -0.3 is 20.9 Å². The van der Waals surface area contributed by atoms with Crippen LogP contribution in [0, 0.1) is 0 Å². The van der Waals surface area contributed by atoms with E-state index in [4.69, 9.17) is 10.5 Å².